The summed E-state index contributed by atoms with van der Waals surface area (Å²) < 4.78 is 0. The normalized spacial score (nSPS) is 13.9. The van der Waals surface area contributed by atoms with Gasteiger partial charge in [-0.25, -0.2) is 0 Å². The van der Waals surface area contributed by atoms with Crippen LogP contribution in [0, 0.1) is 23.2 Å². The number of nitrogens with two attached hydrogens (primary N) is 1. The van der Waals surface area contributed by atoms with Crippen LogP contribution in [0.1, 0.15) is 34.6 Å². The summed E-state index contributed by atoms with van der Waals surface area (Å²) in [6.07, 6.45) is 0. The molecule has 0 spiro atoms. The summed E-state index contributed by atoms with van der Waals surface area (Å²) in [6.45, 7) is 14.0. The van der Waals surface area contributed by atoms with Crippen LogP contribution in [0.15, 0.2) is 0 Å². The lowest BCUT2D eigenvalue weighted by Crippen LogP contribution is -2.38. The second-order valence-electron chi connectivity index (χ2n) is 5.36. The third kappa shape index (κ3) is 7.37. The van der Waals surface area contributed by atoms with Crippen molar-refractivity contribution in [1.29, 1.82) is 5.41 Å². The van der Waals surface area contributed by atoms with Crippen molar-refractivity contribution < 1.29 is 0 Å². The minimum atomic E-state index is 0.169. The molecule has 90 valence electrons. The summed E-state index contributed by atoms with van der Waals surface area (Å²) in [6, 6.07) is 0. The highest BCUT2D eigenvalue weighted by atomic mass is 15.1. The molecular formula is C12H27N3. The fraction of sp³-hybridized carbons (Fsp3) is 0.917. The van der Waals surface area contributed by atoms with Gasteiger partial charge in [0, 0.05) is 25.6 Å². The zero-order chi connectivity index (χ0) is 12.0. The summed E-state index contributed by atoms with van der Waals surface area (Å²) in [4.78, 5) is 2.42. The highest BCUT2D eigenvalue weighted by molar-refractivity contribution is 5.79. The van der Waals surface area contributed by atoms with Crippen molar-refractivity contribution >= 4 is 5.84 Å². The van der Waals surface area contributed by atoms with Gasteiger partial charge < -0.3 is 10.6 Å². The zero-order valence-corrected chi connectivity index (χ0v) is 10.9. The molecule has 0 saturated heterocycles. The maximum atomic E-state index is 7.41. The smallest absolute Gasteiger partial charge is 0.0947 e. The molecular weight excluding hydrogens is 186 g/mol. The summed E-state index contributed by atoms with van der Waals surface area (Å²) in [5.74, 6) is 1.81. The largest absolute Gasteiger partial charge is 0.387 e. The molecule has 0 aliphatic heterocycles. The van der Waals surface area contributed by atoms with Gasteiger partial charge in [-0.3, -0.25) is 5.41 Å². The van der Waals surface area contributed by atoms with Crippen LogP contribution in [0.3, 0.4) is 0 Å². The van der Waals surface area contributed by atoms with E-state index >= 15 is 0 Å². The Morgan fingerprint density at radius 2 is 1.40 bits per heavy atom. The van der Waals surface area contributed by atoms with Gasteiger partial charge in [0.15, 0.2) is 0 Å². The van der Waals surface area contributed by atoms with E-state index in [4.69, 9.17) is 11.1 Å². The second-order valence-corrected chi connectivity index (χ2v) is 5.36. The lowest BCUT2D eigenvalue weighted by atomic mass is 10.1. The SMILES string of the molecule is CC(C)CN(CC(C)C)CC(C)C(=N)N. The Balaban J connectivity index is 4.17. The molecule has 0 aliphatic rings. The van der Waals surface area contributed by atoms with Crippen LogP contribution in [0.25, 0.3) is 0 Å². The molecule has 3 nitrogen and oxygen atoms in total. The first-order chi connectivity index (χ1) is 6.82. The van der Waals surface area contributed by atoms with Crippen molar-refractivity contribution in [1.82, 2.24) is 4.90 Å². The summed E-state index contributed by atoms with van der Waals surface area (Å²) in [7, 11) is 0. The van der Waals surface area contributed by atoms with E-state index in [0.29, 0.717) is 17.7 Å². The Kier molecular flexibility index (Phi) is 6.57. The molecule has 0 aromatic carbocycles. The molecule has 0 saturated carbocycles. The molecule has 0 heterocycles. The molecule has 0 aliphatic carbocycles. The standard InChI is InChI=1S/C12H27N3/c1-9(2)6-15(7-10(3)4)8-11(5)12(13)14/h9-11H,6-8H2,1-5H3,(H3,13,14). The Labute approximate surface area is 94.5 Å². The van der Waals surface area contributed by atoms with Crippen LogP contribution in [-0.4, -0.2) is 30.4 Å². The molecule has 0 rings (SSSR count). The maximum Gasteiger partial charge on any atom is 0.0947 e. The van der Waals surface area contributed by atoms with Gasteiger partial charge in [-0.2, -0.15) is 0 Å². The number of hydrogen-bond acceptors (Lipinski definition) is 2. The average Bonchev–Trinajstić information content (AvgIpc) is 2.00. The molecule has 0 aromatic rings. The predicted octanol–water partition coefficient (Wildman–Crippen LogP) is 2.17. The van der Waals surface area contributed by atoms with Gasteiger partial charge in [-0.05, 0) is 11.8 Å². The van der Waals surface area contributed by atoms with E-state index in [9.17, 15) is 0 Å². The van der Waals surface area contributed by atoms with E-state index in [1.807, 2.05) is 6.92 Å². The topological polar surface area (TPSA) is 53.1 Å². The zero-order valence-electron chi connectivity index (χ0n) is 10.9. The Bertz CT molecular complexity index is 177. The van der Waals surface area contributed by atoms with Crippen LogP contribution in [0.4, 0.5) is 0 Å². The van der Waals surface area contributed by atoms with Crippen molar-refractivity contribution in [3.63, 3.8) is 0 Å². The minimum Gasteiger partial charge on any atom is -0.387 e. The van der Waals surface area contributed by atoms with Crippen LogP contribution in [-0.2, 0) is 0 Å². The van der Waals surface area contributed by atoms with Crippen molar-refractivity contribution in [3.05, 3.63) is 0 Å². The highest BCUT2D eigenvalue weighted by Gasteiger charge is 2.14. The average molecular weight is 213 g/mol. The number of amidine groups is 1. The number of nitrogens with zero attached hydrogens (tertiary/aromatic N) is 1. The molecule has 0 amide bonds. The van der Waals surface area contributed by atoms with Crippen molar-refractivity contribution in [3.8, 4) is 0 Å². The molecule has 0 aromatic heterocycles. The van der Waals surface area contributed by atoms with E-state index in [0.717, 1.165) is 19.6 Å². The Morgan fingerprint density at radius 3 is 1.67 bits per heavy atom. The molecule has 1 atom stereocenters. The number of hydrogen-bond donors (Lipinski definition) is 2. The molecule has 0 radical (unpaired) electrons. The van der Waals surface area contributed by atoms with Gasteiger partial charge in [-0.1, -0.05) is 34.6 Å². The van der Waals surface area contributed by atoms with Crippen molar-refractivity contribution in [2.45, 2.75) is 34.6 Å². The maximum absolute atomic E-state index is 7.41. The summed E-state index contributed by atoms with van der Waals surface area (Å²) in [5, 5.41) is 7.41. The Hall–Kier alpha value is -0.570. The van der Waals surface area contributed by atoms with E-state index < -0.39 is 0 Å². The number of nitrogens with one attached hydrogen (secondary N) is 1. The fourth-order valence-electron chi connectivity index (χ4n) is 1.74. The van der Waals surface area contributed by atoms with Gasteiger partial charge in [0.25, 0.3) is 0 Å². The molecule has 0 bridgehead atoms. The molecule has 15 heavy (non-hydrogen) atoms. The summed E-state index contributed by atoms with van der Waals surface area (Å²) >= 11 is 0. The van der Waals surface area contributed by atoms with Crippen LogP contribution >= 0.6 is 0 Å². The van der Waals surface area contributed by atoms with Crippen molar-refractivity contribution in [2.24, 2.45) is 23.5 Å². The van der Waals surface area contributed by atoms with E-state index in [-0.39, 0.29) is 5.92 Å². The predicted molar refractivity (Wildman–Crippen MR) is 67.2 cm³/mol. The van der Waals surface area contributed by atoms with E-state index in [2.05, 4.69) is 32.6 Å². The minimum absolute atomic E-state index is 0.169. The lowest BCUT2D eigenvalue weighted by Gasteiger charge is -2.28. The molecule has 0 fully saturated rings. The molecule has 3 heteroatoms. The van der Waals surface area contributed by atoms with Crippen molar-refractivity contribution in [2.75, 3.05) is 19.6 Å². The Morgan fingerprint density at radius 1 is 1.00 bits per heavy atom. The van der Waals surface area contributed by atoms with E-state index in [1.165, 1.54) is 0 Å². The van der Waals surface area contributed by atoms with Crippen LogP contribution in [0.2, 0.25) is 0 Å². The van der Waals surface area contributed by atoms with Crippen LogP contribution in [0.5, 0.6) is 0 Å². The molecule has 1 unspecified atom stereocenters. The molecule has 3 N–H and O–H groups in total. The monoisotopic (exact) mass is 213 g/mol. The van der Waals surface area contributed by atoms with Gasteiger partial charge >= 0.3 is 0 Å². The summed E-state index contributed by atoms with van der Waals surface area (Å²) in [5.41, 5.74) is 5.50. The van der Waals surface area contributed by atoms with Gasteiger partial charge in [-0.15, -0.1) is 0 Å². The third-order valence-corrected chi connectivity index (χ3v) is 2.31. The first kappa shape index (κ1) is 14.4. The fourth-order valence-corrected chi connectivity index (χ4v) is 1.74. The first-order valence-electron chi connectivity index (χ1n) is 5.89. The number of rotatable bonds is 7. The first-order valence-corrected chi connectivity index (χ1v) is 5.89. The van der Waals surface area contributed by atoms with E-state index in [1.54, 1.807) is 0 Å². The quantitative estimate of drug-likeness (QED) is 0.503. The third-order valence-electron chi connectivity index (χ3n) is 2.31. The highest BCUT2D eigenvalue weighted by Crippen LogP contribution is 2.07. The van der Waals surface area contributed by atoms with Gasteiger partial charge in [0.05, 0.1) is 5.84 Å². The van der Waals surface area contributed by atoms with Gasteiger partial charge in [0.1, 0.15) is 0 Å². The van der Waals surface area contributed by atoms with Crippen LogP contribution < -0.4 is 5.73 Å². The second kappa shape index (κ2) is 6.83. The lowest BCUT2D eigenvalue weighted by molar-refractivity contribution is 0.208. The van der Waals surface area contributed by atoms with Gasteiger partial charge in [0.2, 0.25) is 0 Å².